The van der Waals surface area contributed by atoms with Crippen molar-refractivity contribution >= 4 is 56.9 Å². The Morgan fingerprint density at radius 1 is 1.20 bits per heavy atom. The molecule has 1 aromatic carbocycles. The first-order chi connectivity index (χ1) is 18.9. The maximum absolute atomic E-state index is 12.4. The van der Waals surface area contributed by atoms with Crippen molar-refractivity contribution in [3.05, 3.63) is 46.8 Å². The van der Waals surface area contributed by atoms with Crippen molar-refractivity contribution in [2.24, 2.45) is 0 Å². The maximum Gasteiger partial charge on any atom is 0.319 e. The highest BCUT2D eigenvalue weighted by atomic mass is 79.9. The number of carbonyl (C=O) groups is 1. The van der Waals surface area contributed by atoms with Gasteiger partial charge < -0.3 is 35.9 Å². The Labute approximate surface area is 255 Å². The second-order valence-electron chi connectivity index (χ2n) is 11.5. The molecule has 3 aromatic rings. The summed E-state index contributed by atoms with van der Waals surface area (Å²) in [5.41, 5.74) is 8.52. The Kier molecular flexibility index (Phi) is 11.0. The molecule has 13 heteroatoms. The van der Waals surface area contributed by atoms with Crippen LogP contribution in [0.2, 0.25) is 0 Å². The van der Waals surface area contributed by atoms with E-state index in [1.54, 1.807) is 10.8 Å². The molecule has 3 heterocycles. The zero-order chi connectivity index (χ0) is 29.2. The average Bonchev–Trinajstić information content (AvgIpc) is 3.37. The molecular weight excluding hydrogens is 614 g/mol. The van der Waals surface area contributed by atoms with E-state index in [0.717, 1.165) is 5.69 Å². The smallest absolute Gasteiger partial charge is 0.319 e. The maximum atomic E-state index is 12.4. The van der Waals surface area contributed by atoms with Crippen molar-refractivity contribution in [3.63, 3.8) is 0 Å². The number of aliphatic hydroxyl groups excluding tert-OH is 2. The molecule has 6 N–H and O–H groups in total. The number of carbonyl (C=O) groups excluding carboxylic acids is 1. The number of aliphatic hydroxyl groups is 2. The van der Waals surface area contributed by atoms with Gasteiger partial charge in [0.1, 0.15) is 36.1 Å². The molecule has 1 aliphatic rings. The summed E-state index contributed by atoms with van der Waals surface area (Å²) in [6.07, 6.45) is 0.0947. The van der Waals surface area contributed by atoms with Crippen LogP contribution in [0.4, 0.5) is 16.3 Å². The summed E-state index contributed by atoms with van der Waals surface area (Å²) in [5.74, 6) is 0.312. The SMILES string of the molecule is CC(C)N(CCCNC(=O)Nc1ccc(C(C)(C)C)cc1)C[C@H]1O[C@@H](n2cc(Br)c3c(N)ncnc32)[C@H](O)[C@@H]1O.Cl. The summed E-state index contributed by atoms with van der Waals surface area (Å²) in [5, 5.41) is 28.1. The lowest BCUT2D eigenvalue weighted by Gasteiger charge is -2.30. The number of rotatable bonds is 9. The normalized spacial score (nSPS) is 20.9. The Bertz CT molecular complexity index is 1320. The summed E-state index contributed by atoms with van der Waals surface area (Å²) in [7, 11) is 0. The number of nitrogens with zero attached hydrogens (tertiary/aromatic N) is 4. The van der Waals surface area contributed by atoms with Crippen molar-refractivity contribution in [2.45, 2.75) is 77.0 Å². The predicted octanol–water partition coefficient (Wildman–Crippen LogP) is 4.04. The van der Waals surface area contributed by atoms with Crippen LogP contribution in [-0.4, -0.2) is 79.7 Å². The zero-order valence-corrected chi connectivity index (χ0v) is 26.4. The van der Waals surface area contributed by atoms with Crippen molar-refractivity contribution < 1.29 is 19.7 Å². The van der Waals surface area contributed by atoms with Gasteiger partial charge in [0.2, 0.25) is 0 Å². The Morgan fingerprint density at radius 2 is 1.88 bits per heavy atom. The number of benzene rings is 1. The first-order valence-corrected chi connectivity index (χ1v) is 14.3. The second kappa shape index (κ2) is 13.7. The molecule has 4 atom stereocenters. The molecule has 4 rings (SSSR count). The van der Waals surface area contributed by atoms with Gasteiger partial charge in [-0.05, 0) is 59.3 Å². The highest BCUT2D eigenvalue weighted by Crippen LogP contribution is 2.36. The van der Waals surface area contributed by atoms with E-state index in [-0.39, 0.29) is 29.9 Å². The number of aromatic nitrogens is 3. The number of fused-ring (bicyclic) bond motifs is 1. The molecule has 11 nitrogen and oxygen atoms in total. The van der Waals surface area contributed by atoms with Crippen molar-refractivity contribution in [3.8, 4) is 0 Å². The van der Waals surface area contributed by atoms with Gasteiger partial charge in [-0.3, -0.25) is 4.90 Å². The lowest BCUT2D eigenvalue weighted by atomic mass is 9.87. The van der Waals surface area contributed by atoms with E-state index >= 15 is 0 Å². The van der Waals surface area contributed by atoms with Gasteiger partial charge in [-0.25, -0.2) is 14.8 Å². The Balaban J connectivity index is 0.00000462. The fourth-order valence-corrected chi connectivity index (χ4v) is 5.47. The quantitative estimate of drug-likeness (QED) is 0.217. The molecule has 2 aromatic heterocycles. The summed E-state index contributed by atoms with van der Waals surface area (Å²) in [4.78, 5) is 22.9. The summed E-state index contributed by atoms with van der Waals surface area (Å²) in [6.45, 7) is 12.1. The van der Waals surface area contributed by atoms with E-state index in [2.05, 4.69) is 76.1 Å². The van der Waals surface area contributed by atoms with Crippen LogP contribution in [-0.2, 0) is 10.2 Å². The summed E-state index contributed by atoms with van der Waals surface area (Å²) < 4.78 is 8.52. The number of urea groups is 1. The third kappa shape index (κ3) is 7.68. The van der Waals surface area contributed by atoms with Crippen LogP contribution in [0, 0.1) is 0 Å². The minimum Gasteiger partial charge on any atom is -0.387 e. The highest BCUT2D eigenvalue weighted by molar-refractivity contribution is 9.10. The first-order valence-electron chi connectivity index (χ1n) is 13.5. The number of hydrogen-bond acceptors (Lipinski definition) is 8. The minimum absolute atomic E-state index is 0. The lowest BCUT2D eigenvalue weighted by molar-refractivity contribution is -0.0466. The van der Waals surface area contributed by atoms with Crippen molar-refractivity contribution in [1.29, 1.82) is 0 Å². The molecule has 226 valence electrons. The average molecular weight is 655 g/mol. The number of amides is 2. The molecule has 0 unspecified atom stereocenters. The van der Waals surface area contributed by atoms with Crippen LogP contribution in [0.1, 0.15) is 52.8 Å². The van der Waals surface area contributed by atoms with Gasteiger partial charge in [-0.1, -0.05) is 32.9 Å². The number of nitrogens with two attached hydrogens (primary N) is 1. The summed E-state index contributed by atoms with van der Waals surface area (Å²) in [6, 6.07) is 7.78. The highest BCUT2D eigenvalue weighted by Gasteiger charge is 2.45. The van der Waals surface area contributed by atoms with Crippen LogP contribution in [0.15, 0.2) is 41.3 Å². The standard InChI is InChI=1S/C28H40BrN7O4.ClH/c1-16(2)35(12-6-11-31-27(39)34-18-9-7-17(8-10-18)28(3,4)5)14-20-22(37)23(38)26(40-20)36-13-19(29)21-24(30)32-15-33-25(21)36;/h7-10,13,15-16,20,22-23,26,37-38H,6,11-12,14H2,1-5H3,(H2,30,32,33)(H2,31,34,39);1H/t20-,22-,23-,26-;/m1./s1. The molecule has 0 spiro atoms. The molecule has 41 heavy (non-hydrogen) atoms. The molecule has 0 radical (unpaired) electrons. The molecule has 2 amide bonds. The van der Waals surface area contributed by atoms with Crippen molar-refractivity contribution in [2.75, 3.05) is 30.7 Å². The van der Waals surface area contributed by atoms with Gasteiger partial charge in [0, 0.05) is 42.0 Å². The van der Waals surface area contributed by atoms with Crippen LogP contribution >= 0.6 is 28.3 Å². The molecule has 0 bridgehead atoms. The van der Waals surface area contributed by atoms with Crippen LogP contribution in [0.25, 0.3) is 11.0 Å². The van der Waals surface area contributed by atoms with Crippen molar-refractivity contribution in [1.82, 2.24) is 24.8 Å². The minimum atomic E-state index is -1.15. The zero-order valence-electron chi connectivity index (χ0n) is 24.0. The fraction of sp³-hybridized carbons (Fsp3) is 0.536. The lowest BCUT2D eigenvalue weighted by Crippen LogP contribution is -2.44. The number of ether oxygens (including phenoxy) is 1. The van der Waals surface area contributed by atoms with Gasteiger partial charge in [-0.15, -0.1) is 12.4 Å². The van der Waals surface area contributed by atoms with E-state index in [1.165, 1.54) is 11.9 Å². The van der Waals surface area contributed by atoms with E-state index in [1.807, 2.05) is 24.3 Å². The van der Waals surface area contributed by atoms with Gasteiger partial charge >= 0.3 is 6.03 Å². The van der Waals surface area contributed by atoms with Crippen LogP contribution in [0.3, 0.4) is 0 Å². The van der Waals surface area contributed by atoms with E-state index in [4.69, 9.17) is 10.5 Å². The van der Waals surface area contributed by atoms with Crippen LogP contribution < -0.4 is 16.4 Å². The Hall–Kier alpha value is -2.48. The number of nitrogens with one attached hydrogen (secondary N) is 2. The largest absolute Gasteiger partial charge is 0.387 e. The van der Waals surface area contributed by atoms with E-state index < -0.39 is 24.5 Å². The molecule has 0 saturated carbocycles. The number of halogens is 2. The molecule has 1 aliphatic heterocycles. The third-order valence-electron chi connectivity index (χ3n) is 7.26. The molecule has 0 aliphatic carbocycles. The summed E-state index contributed by atoms with van der Waals surface area (Å²) >= 11 is 3.48. The number of anilines is 2. The van der Waals surface area contributed by atoms with Gasteiger partial charge in [0.05, 0.1) is 5.39 Å². The van der Waals surface area contributed by atoms with Gasteiger partial charge in [-0.2, -0.15) is 0 Å². The number of hydrogen-bond donors (Lipinski definition) is 5. The molecule has 1 fully saturated rings. The van der Waals surface area contributed by atoms with E-state index in [9.17, 15) is 15.0 Å². The third-order valence-corrected chi connectivity index (χ3v) is 7.87. The second-order valence-corrected chi connectivity index (χ2v) is 12.4. The molecule has 1 saturated heterocycles. The predicted molar refractivity (Wildman–Crippen MR) is 166 cm³/mol. The molecular formula is C28H41BrClN7O4. The Morgan fingerprint density at radius 3 is 2.51 bits per heavy atom. The monoisotopic (exact) mass is 653 g/mol. The fourth-order valence-electron chi connectivity index (χ4n) is 4.87. The van der Waals surface area contributed by atoms with Crippen LogP contribution in [0.5, 0.6) is 0 Å². The van der Waals surface area contributed by atoms with Gasteiger partial charge in [0.25, 0.3) is 0 Å². The van der Waals surface area contributed by atoms with Gasteiger partial charge in [0.15, 0.2) is 6.23 Å². The number of nitrogen functional groups attached to an aromatic ring is 1. The van der Waals surface area contributed by atoms with E-state index in [0.29, 0.717) is 47.4 Å². The topological polar surface area (TPSA) is 151 Å². The first kappa shape index (κ1) is 33.0.